The van der Waals surface area contributed by atoms with Gasteiger partial charge in [-0.3, -0.25) is 9.59 Å². The van der Waals surface area contributed by atoms with Gasteiger partial charge in [0.1, 0.15) is 5.75 Å². The number of carbonyl (C=O) groups is 2. The summed E-state index contributed by atoms with van der Waals surface area (Å²) in [6.07, 6.45) is 3.07. The highest BCUT2D eigenvalue weighted by molar-refractivity contribution is 5.77. The van der Waals surface area contributed by atoms with Crippen LogP contribution in [0.1, 0.15) is 43.7 Å². The molecule has 1 aromatic carbocycles. The van der Waals surface area contributed by atoms with Crippen molar-refractivity contribution in [3.05, 3.63) is 29.3 Å². The topological polar surface area (TPSA) is 58.6 Å². The number of nitrogens with zero attached hydrogens (tertiary/aromatic N) is 1. The molecule has 1 N–H and O–H groups in total. The van der Waals surface area contributed by atoms with Crippen molar-refractivity contribution in [1.82, 2.24) is 10.2 Å². The van der Waals surface area contributed by atoms with Crippen LogP contribution >= 0.6 is 0 Å². The molecule has 0 saturated carbocycles. The summed E-state index contributed by atoms with van der Waals surface area (Å²) in [6.45, 7) is 7.60. The van der Waals surface area contributed by atoms with E-state index < -0.39 is 0 Å². The summed E-state index contributed by atoms with van der Waals surface area (Å²) in [6, 6.07) is 6.13. The molecule has 1 atom stereocenters. The fourth-order valence-electron chi connectivity index (χ4n) is 2.98. The van der Waals surface area contributed by atoms with Gasteiger partial charge < -0.3 is 15.0 Å². The minimum absolute atomic E-state index is 0.0314. The van der Waals surface area contributed by atoms with Crippen molar-refractivity contribution in [2.75, 3.05) is 19.7 Å². The molecule has 5 heteroatoms. The number of ether oxygens (including phenoxy) is 1. The Morgan fingerprint density at radius 3 is 2.79 bits per heavy atom. The van der Waals surface area contributed by atoms with Gasteiger partial charge in [0.2, 0.25) is 11.8 Å². The van der Waals surface area contributed by atoms with Crippen molar-refractivity contribution >= 4 is 11.8 Å². The van der Waals surface area contributed by atoms with E-state index in [2.05, 4.69) is 19.2 Å². The molecule has 0 bridgehead atoms. The number of benzene rings is 1. The zero-order valence-electron chi connectivity index (χ0n) is 14.9. The number of likely N-dealkylation sites (tertiary alicyclic amines) is 1. The first kappa shape index (κ1) is 18.3. The summed E-state index contributed by atoms with van der Waals surface area (Å²) in [5.74, 6) is 0.971. The van der Waals surface area contributed by atoms with E-state index in [-0.39, 0.29) is 17.9 Å². The van der Waals surface area contributed by atoms with Gasteiger partial charge in [-0.15, -0.1) is 0 Å². The number of carbonyl (C=O) groups excluding carboxylic acids is 2. The van der Waals surface area contributed by atoms with Crippen molar-refractivity contribution in [3.8, 4) is 5.75 Å². The number of hydrogen-bond acceptors (Lipinski definition) is 3. The lowest BCUT2D eigenvalue weighted by Gasteiger charge is -2.33. The highest BCUT2D eigenvalue weighted by Crippen LogP contribution is 2.17. The second-order valence-electron chi connectivity index (χ2n) is 6.58. The Morgan fingerprint density at radius 1 is 1.29 bits per heavy atom. The number of nitrogens with one attached hydrogen (secondary N) is 1. The lowest BCUT2D eigenvalue weighted by molar-refractivity contribution is -0.133. The SMILES string of the molecule is CC(=O)N[C@@H]1CCCN(C(=O)CCCOc2ccc(C)c(C)c2)C1. The average Bonchev–Trinajstić information content (AvgIpc) is 2.54. The first-order valence-electron chi connectivity index (χ1n) is 8.70. The van der Waals surface area contributed by atoms with Crippen LogP contribution in [0.3, 0.4) is 0 Å². The summed E-state index contributed by atoms with van der Waals surface area (Å²) < 4.78 is 5.73. The minimum Gasteiger partial charge on any atom is -0.494 e. The van der Waals surface area contributed by atoms with Crippen LogP contribution in [0.2, 0.25) is 0 Å². The third-order valence-electron chi connectivity index (χ3n) is 4.46. The summed E-state index contributed by atoms with van der Waals surface area (Å²) in [4.78, 5) is 25.3. The van der Waals surface area contributed by atoms with Gasteiger partial charge in [-0.2, -0.15) is 0 Å². The largest absolute Gasteiger partial charge is 0.494 e. The van der Waals surface area contributed by atoms with E-state index in [0.717, 1.165) is 25.1 Å². The van der Waals surface area contributed by atoms with E-state index in [9.17, 15) is 9.59 Å². The summed E-state index contributed by atoms with van der Waals surface area (Å²) >= 11 is 0. The van der Waals surface area contributed by atoms with Gasteiger partial charge in [-0.05, 0) is 56.4 Å². The molecule has 0 aliphatic carbocycles. The van der Waals surface area contributed by atoms with Crippen LogP contribution in [0.25, 0.3) is 0 Å². The molecule has 1 aromatic rings. The molecule has 5 nitrogen and oxygen atoms in total. The predicted octanol–water partition coefficient (Wildman–Crippen LogP) is 2.59. The molecule has 0 spiro atoms. The average molecular weight is 332 g/mol. The van der Waals surface area contributed by atoms with Crippen molar-refractivity contribution < 1.29 is 14.3 Å². The molecule has 2 rings (SSSR count). The molecule has 0 radical (unpaired) electrons. The lowest BCUT2D eigenvalue weighted by atomic mass is 10.1. The Hall–Kier alpha value is -2.04. The molecule has 1 fully saturated rings. The lowest BCUT2D eigenvalue weighted by Crippen LogP contribution is -2.49. The van der Waals surface area contributed by atoms with Gasteiger partial charge in [-0.25, -0.2) is 0 Å². The van der Waals surface area contributed by atoms with Crippen molar-refractivity contribution in [2.24, 2.45) is 0 Å². The van der Waals surface area contributed by atoms with Crippen LogP contribution in [-0.4, -0.2) is 42.5 Å². The fraction of sp³-hybridized carbons (Fsp3) is 0.579. The van der Waals surface area contributed by atoms with Gasteiger partial charge in [0.15, 0.2) is 0 Å². The van der Waals surface area contributed by atoms with Crippen molar-refractivity contribution in [1.29, 1.82) is 0 Å². The highest BCUT2D eigenvalue weighted by Gasteiger charge is 2.23. The van der Waals surface area contributed by atoms with E-state index in [1.807, 2.05) is 23.1 Å². The monoisotopic (exact) mass is 332 g/mol. The number of piperidine rings is 1. The van der Waals surface area contributed by atoms with E-state index in [1.165, 1.54) is 18.1 Å². The standard InChI is InChI=1S/C19H28N2O3/c1-14-8-9-18(12-15(14)2)24-11-5-7-19(23)21-10-4-6-17(13-21)20-16(3)22/h8-9,12,17H,4-7,10-11,13H2,1-3H3,(H,20,22)/t17-/m1/s1. The second-order valence-corrected chi connectivity index (χ2v) is 6.58. The molecule has 1 heterocycles. The fourth-order valence-corrected chi connectivity index (χ4v) is 2.98. The molecule has 0 unspecified atom stereocenters. The molecular weight excluding hydrogens is 304 g/mol. The molecule has 1 aliphatic rings. The van der Waals surface area contributed by atoms with Crippen molar-refractivity contribution in [3.63, 3.8) is 0 Å². The zero-order chi connectivity index (χ0) is 17.5. The number of amides is 2. The maximum atomic E-state index is 12.3. The Kier molecular flexibility index (Phi) is 6.64. The van der Waals surface area contributed by atoms with E-state index >= 15 is 0 Å². The molecular formula is C19H28N2O3. The number of hydrogen-bond donors (Lipinski definition) is 1. The van der Waals surface area contributed by atoms with Gasteiger partial charge >= 0.3 is 0 Å². The highest BCUT2D eigenvalue weighted by atomic mass is 16.5. The molecule has 132 valence electrons. The Balaban J connectivity index is 1.70. The van der Waals surface area contributed by atoms with Crippen LogP contribution in [0.5, 0.6) is 5.75 Å². The zero-order valence-corrected chi connectivity index (χ0v) is 14.9. The van der Waals surface area contributed by atoms with E-state index in [0.29, 0.717) is 26.0 Å². The molecule has 24 heavy (non-hydrogen) atoms. The van der Waals surface area contributed by atoms with Gasteiger partial charge in [0, 0.05) is 32.5 Å². The van der Waals surface area contributed by atoms with Crippen LogP contribution in [0, 0.1) is 13.8 Å². The second kappa shape index (κ2) is 8.71. The summed E-state index contributed by atoms with van der Waals surface area (Å²) in [5, 5.41) is 2.91. The van der Waals surface area contributed by atoms with Gasteiger partial charge in [-0.1, -0.05) is 6.07 Å². The number of rotatable bonds is 6. The normalized spacial score (nSPS) is 17.5. The Bertz CT molecular complexity index is 586. The van der Waals surface area contributed by atoms with Crippen LogP contribution in [0.4, 0.5) is 0 Å². The Labute approximate surface area is 144 Å². The maximum absolute atomic E-state index is 12.3. The summed E-state index contributed by atoms with van der Waals surface area (Å²) in [7, 11) is 0. The molecule has 0 aromatic heterocycles. The van der Waals surface area contributed by atoms with Crippen LogP contribution in [0.15, 0.2) is 18.2 Å². The third-order valence-corrected chi connectivity index (χ3v) is 4.46. The summed E-state index contributed by atoms with van der Waals surface area (Å²) in [5.41, 5.74) is 2.46. The minimum atomic E-state index is -0.0314. The van der Waals surface area contributed by atoms with Gasteiger partial charge in [0.25, 0.3) is 0 Å². The van der Waals surface area contributed by atoms with Crippen LogP contribution < -0.4 is 10.1 Å². The van der Waals surface area contributed by atoms with E-state index in [1.54, 1.807) is 0 Å². The van der Waals surface area contributed by atoms with Gasteiger partial charge in [0.05, 0.1) is 6.61 Å². The van der Waals surface area contributed by atoms with E-state index in [4.69, 9.17) is 4.74 Å². The molecule has 1 aliphatic heterocycles. The number of aryl methyl sites for hydroxylation is 2. The van der Waals surface area contributed by atoms with Crippen LogP contribution in [-0.2, 0) is 9.59 Å². The smallest absolute Gasteiger partial charge is 0.222 e. The first-order chi connectivity index (χ1) is 11.5. The van der Waals surface area contributed by atoms with Crippen molar-refractivity contribution in [2.45, 2.75) is 52.5 Å². The maximum Gasteiger partial charge on any atom is 0.222 e. The Morgan fingerprint density at radius 2 is 2.08 bits per heavy atom. The third kappa shape index (κ3) is 5.55. The quantitative estimate of drug-likeness (QED) is 0.815. The molecule has 1 saturated heterocycles. The first-order valence-corrected chi connectivity index (χ1v) is 8.70. The predicted molar refractivity (Wildman–Crippen MR) is 94.1 cm³/mol. The molecule has 2 amide bonds.